The lowest BCUT2D eigenvalue weighted by Crippen LogP contribution is -2.10. The Labute approximate surface area is 94.1 Å². The molecule has 0 bridgehead atoms. The lowest BCUT2D eigenvalue weighted by Gasteiger charge is -2.02. The number of nitrogens with zero attached hydrogens (tertiary/aromatic N) is 3. The minimum atomic E-state index is -0.191. The molecule has 0 atom stereocenters. The summed E-state index contributed by atoms with van der Waals surface area (Å²) in [6.45, 7) is 2.27. The van der Waals surface area contributed by atoms with Crippen molar-refractivity contribution in [3.8, 4) is 11.3 Å². The molecule has 0 aliphatic heterocycles. The zero-order valence-electron chi connectivity index (χ0n) is 8.86. The zero-order valence-corrected chi connectivity index (χ0v) is 10.3. The molecule has 0 saturated carbocycles. The average Bonchev–Trinajstić information content (AvgIpc) is 2.98. The quantitative estimate of drug-likeness (QED) is 0.616. The van der Waals surface area contributed by atoms with Gasteiger partial charge in [-0.3, -0.25) is 10.2 Å². The number of aromatic amines is 2. The van der Waals surface area contributed by atoms with E-state index in [1.807, 2.05) is 12.4 Å². The molecule has 16 heavy (non-hydrogen) atoms. The Morgan fingerprint density at radius 2 is 2.25 bits per heavy atom. The minimum Gasteiger partial charge on any atom is -0.278 e. The van der Waals surface area contributed by atoms with Crippen LogP contribution in [0.5, 0.6) is 0 Å². The summed E-state index contributed by atoms with van der Waals surface area (Å²) < 4.78 is 0. The number of H-pyrrole nitrogens is 2. The van der Waals surface area contributed by atoms with Gasteiger partial charge >= 0.3 is 0 Å². The summed E-state index contributed by atoms with van der Waals surface area (Å²) in [6.07, 6.45) is 3.64. The number of aromatic nitrogens is 5. The molecule has 0 radical (unpaired) electrons. The summed E-state index contributed by atoms with van der Waals surface area (Å²) in [4.78, 5) is 0. The molecule has 1 aromatic carbocycles. The molecule has 5 nitrogen and oxygen atoms in total. The van der Waals surface area contributed by atoms with Gasteiger partial charge in [-0.2, -0.15) is 5.10 Å². The molecule has 2 heterocycles. The van der Waals surface area contributed by atoms with Gasteiger partial charge in [-0.15, -0.1) is 5.10 Å². The van der Waals surface area contributed by atoms with E-state index in [1.165, 1.54) is 5.19 Å². The summed E-state index contributed by atoms with van der Waals surface area (Å²) in [7, 11) is -0.191. The Morgan fingerprint density at radius 3 is 3.00 bits per heavy atom. The number of hydrogen-bond donors (Lipinski definition) is 2. The second-order valence-electron chi connectivity index (χ2n) is 3.69. The smallest absolute Gasteiger partial charge is 0.113 e. The number of fused-ring (bicyclic) bond motifs is 1. The van der Waals surface area contributed by atoms with Crippen LogP contribution in [0.4, 0.5) is 0 Å². The predicted octanol–water partition coefficient (Wildman–Crippen LogP) is 0.190. The van der Waals surface area contributed by atoms with E-state index in [0.29, 0.717) is 0 Å². The van der Waals surface area contributed by atoms with Crippen molar-refractivity contribution in [2.45, 2.75) is 6.55 Å². The predicted molar refractivity (Wildman–Crippen MR) is 65.5 cm³/mol. The van der Waals surface area contributed by atoms with E-state index in [4.69, 9.17) is 0 Å². The molecule has 6 heteroatoms. The van der Waals surface area contributed by atoms with Gasteiger partial charge in [0.15, 0.2) is 0 Å². The monoisotopic (exact) mass is 229 g/mol. The van der Waals surface area contributed by atoms with Crippen molar-refractivity contribution >= 4 is 25.6 Å². The zero-order chi connectivity index (χ0) is 11.0. The fraction of sp³-hybridized carbons (Fsp3) is 0.100. The van der Waals surface area contributed by atoms with Gasteiger partial charge < -0.3 is 0 Å². The highest BCUT2D eigenvalue weighted by Gasteiger charge is 2.09. The molecule has 0 aliphatic rings. The van der Waals surface area contributed by atoms with Gasteiger partial charge in [-0.1, -0.05) is 23.0 Å². The third kappa shape index (κ3) is 1.35. The van der Waals surface area contributed by atoms with Crippen LogP contribution in [0, 0.1) is 0 Å². The van der Waals surface area contributed by atoms with Gasteiger partial charge in [0.05, 0.1) is 27.4 Å². The van der Waals surface area contributed by atoms with Crippen molar-refractivity contribution in [2.75, 3.05) is 0 Å². The fourth-order valence-corrected chi connectivity index (χ4v) is 2.68. The molecule has 0 spiro atoms. The summed E-state index contributed by atoms with van der Waals surface area (Å²) in [5.41, 5.74) is 3.05. The van der Waals surface area contributed by atoms with Crippen molar-refractivity contribution in [1.29, 1.82) is 0 Å². The lowest BCUT2D eigenvalue weighted by atomic mass is 10.1. The normalized spacial score (nSPS) is 11.8. The van der Waals surface area contributed by atoms with Crippen LogP contribution in [-0.4, -0.2) is 35.1 Å². The molecule has 80 valence electrons. The minimum absolute atomic E-state index is 0.191. The Hall–Kier alpha value is -1.95. The maximum atomic E-state index is 4.08. The maximum Gasteiger partial charge on any atom is 0.113 e. The second kappa shape index (κ2) is 3.56. The van der Waals surface area contributed by atoms with Crippen LogP contribution in [0.25, 0.3) is 22.2 Å². The Kier molecular flexibility index (Phi) is 2.07. The third-order valence-electron chi connectivity index (χ3n) is 2.72. The molecule has 0 fully saturated rings. The van der Waals surface area contributed by atoms with E-state index in [1.54, 1.807) is 0 Å². The highest BCUT2D eigenvalue weighted by Crippen LogP contribution is 2.23. The van der Waals surface area contributed by atoms with Gasteiger partial charge in [0.25, 0.3) is 0 Å². The molecular weight excluding hydrogens is 218 g/mol. The summed E-state index contributed by atoms with van der Waals surface area (Å²) >= 11 is 0. The van der Waals surface area contributed by atoms with Gasteiger partial charge in [-0.25, -0.2) is 0 Å². The van der Waals surface area contributed by atoms with E-state index in [0.717, 1.165) is 22.2 Å². The van der Waals surface area contributed by atoms with E-state index in [9.17, 15) is 0 Å². The molecular formula is C10H11N5Si. The molecule has 2 N–H and O–H groups in total. The molecule has 0 aliphatic carbocycles. The summed E-state index contributed by atoms with van der Waals surface area (Å²) in [5.74, 6) is 0. The molecule has 3 rings (SSSR count). The standard InChI is InChI=1S/C10H11N5Si/c1-16-6-2-7(10-5-12-15-14-10)8-4-11-13-9(8)3-6/h2-5H,16H2,1H3,(H,11,13)(H,12,14,15). The first-order valence-corrected chi connectivity index (χ1v) is 7.33. The first kappa shape index (κ1) is 9.29. The van der Waals surface area contributed by atoms with Crippen molar-refractivity contribution in [3.05, 3.63) is 24.5 Å². The van der Waals surface area contributed by atoms with E-state index in [-0.39, 0.29) is 9.52 Å². The van der Waals surface area contributed by atoms with Crippen LogP contribution in [0.3, 0.4) is 0 Å². The summed E-state index contributed by atoms with van der Waals surface area (Å²) in [6, 6.07) is 4.38. The van der Waals surface area contributed by atoms with Gasteiger partial charge in [0.2, 0.25) is 0 Å². The largest absolute Gasteiger partial charge is 0.278 e. The molecule has 3 aromatic rings. The van der Waals surface area contributed by atoms with Crippen molar-refractivity contribution in [3.63, 3.8) is 0 Å². The number of rotatable bonds is 2. The van der Waals surface area contributed by atoms with Crippen LogP contribution in [0.2, 0.25) is 6.55 Å². The fourth-order valence-electron chi connectivity index (χ4n) is 1.86. The Bertz CT molecular complexity index is 613. The lowest BCUT2D eigenvalue weighted by molar-refractivity contribution is 0.942. The molecule has 0 saturated heterocycles. The topological polar surface area (TPSA) is 70.2 Å². The molecule has 0 unspecified atom stereocenters. The number of nitrogens with one attached hydrogen (secondary N) is 2. The van der Waals surface area contributed by atoms with Gasteiger partial charge in [0, 0.05) is 10.9 Å². The highest BCUT2D eigenvalue weighted by atomic mass is 28.2. The van der Waals surface area contributed by atoms with Crippen LogP contribution in [0.1, 0.15) is 0 Å². The second-order valence-corrected chi connectivity index (χ2v) is 5.21. The Morgan fingerprint density at radius 1 is 1.31 bits per heavy atom. The van der Waals surface area contributed by atoms with Crippen molar-refractivity contribution in [1.82, 2.24) is 25.6 Å². The van der Waals surface area contributed by atoms with Crippen molar-refractivity contribution in [2.24, 2.45) is 0 Å². The number of hydrogen-bond acceptors (Lipinski definition) is 3. The van der Waals surface area contributed by atoms with Crippen LogP contribution >= 0.6 is 0 Å². The SMILES string of the molecule is C[SiH2]c1cc(-c2c[nH]nn2)c2cn[nH]c2c1. The van der Waals surface area contributed by atoms with Crippen LogP contribution in [0.15, 0.2) is 24.5 Å². The summed E-state index contributed by atoms with van der Waals surface area (Å²) in [5, 5.41) is 20.1. The highest BCUT2D eigenvalue weighted by molar-refractivity contribution is 6.52. The van der Waals surface area contributed by atoms with E-state index < -0.39 is 0 Å². The first-order valence-electron chi connectivity index (χ1n) is 5.21. The Balaban J connectivity index is 2.33. The van der Waals surface area contributed by atoms with Crippen molar-refractivity contribution < 1.29 is 0 Å². The number of benzene rings is 1. The van der Waals surface area contributed by atoms with Crippen LogP contribution < -0.4 is 5.19 Å². The average molecular weight is 229 g/mol. The molecule has 0 amide bonds. The van der Waals surface area contributed by atoms with Gasteiger partial charge in [0.1, 0.15) is 5.69 Å². The van der Waals surface area contributed by atoms with Gasteiger partial charge in [-0.05, 0) is 6.07 Å². The van der Waals surface area contributed by atoms with E-state index in [2.05, 4.69) is 44.3 Å². The van der Waals surface area contributed by atoms with Crippen LogP contribution in [-0.2, 0) is 0 Å². The van der Waals surface area contributed by atoms with E-state index >= 15 is 0 Å². The third-order valence-corrected chi connectivity index (χ3v) is 3.94. The maximum absolute atomic E-state index is 4.08. The molecule has 2 aromatic heterocycles. The first-order chi connectivity index (χ1) is 7.88.